The molecule has 1 aliphatic rings. The third-order valence-electron chi connectivity index (χ3n) is 2.53. The van der Waals surface area contributed by atoms with Gasteiger partial charge < -0.3 is 10.1 Å². The van der Waals surface area contributed by atoms with Crippen LogP contribution in [-0.4, -0.2) is 12.6 Å². The predicted octanol–water partition coefficient (Wildman–Crippen LogP) is 2.88. The molecule has 1 heterocycles. The first-order valence-corrected chi connectivity index (χ1v) is 5.71. The van der Waals surface area contributed by atoms with Crippen molar-refractivity contribution in [2.24, 2.45) is 0 Å². The van der Waals surface area contributed by atoms with E-state index in [2.05, 4.69) is 47.2 Å². The van der Waals surface area contributed by atoms with E-state index in [0.717, 1.165) is 16.8 Å². The van der Waals surface area contributed by atoms with Gasteiger partial charge in [0.1, 0.15) is 11.9 Å². The van der Waals surface area contributed by atoms with E-state index in [1.54, 1.807) is 0 Å². The van der Waals surface area contributed by atoms with Crippen molar-refractivity contribution in [3.63, 3.8) is 0 Å². The summed E-state index contributed by atoms with van der Waals surface area (Å²) < 4.78 is 6.84. The molecule has 1 aromatic carbocycles. The molecular weight excluding hydrogens is 242 g/mol. The molecule has 0 saturated heterocycles. The van der Waals surface area contributed by atoms with E-state index >= 15 is 0 Å². The van der Waals surface area contributed by atoms with E-state index < -0.39 is 0 Å². The maximum Gasteiger partial charge on any atom is 0.138 e. The standard InChI is InChI=1S/C11H14BrNO/c1-3-13-10-7(2)14-11-8(10)5-4-6-9(11)12/h4-7,10,13H,3H2,1-2H3. The van der Waals surface area contributed by atoms with Gasteiger partial charge in [0.25, 0.3) is 0 Å². The summed E-state index contributed by atoms with van der Waals surface area (Å²) in [4.78, 5) is 0. The minimum Gasteiger partial charge on any atom is -0.487 e. The van der Waals surface area contributed by atoms with Crippen LogP contribution in [0.1, 0.15) is 25.5 Å². The molecule has 2 rings (SSSR count). The number of fused-ring (bicyclic) bond motifs is 1. The molecular formula is C11H14BrNO. The van der Waals surface area contributed by atoms with Crippen molar-refractivity contribution in [2.75, 3.05) is 6.54 Å². The van der Waals surface area contributed by atoms with E-state index in [1.165, 1.54) is 5.56 Å². The molecule has 14 heavy (non-hydrogen) atoms. The van der Waals surface area contributed by atoms with Crippen LogP contribution in [0, 0.1) is 0 Å². The monoisotopic (exact) mass is 255 g/mol. The molecule has 0 aliphatic carbocycles. The number of para-hydroxylation sites is 1. The third-order valence-corrected chi connectivity index (χ3v) is 3.15. The highest BCUT2D eigenvalue weighted by Crippen LogP contribution is 2.41. The lowest BCUT2D eigenvalue weighted by Crippen LogP contribution is -2.28. The molecule has 1 aliphatic heterocycles. The van der Waals surface area contributed by atoms with Crippen molar-refractivity contribution < 1.29 is 4.74 Å². The van der Waals surface area contributed by atoms with Crippen LogP contribution in [0.5, 0.6) is 5.75 Å². The average molecular weight is 256 g/mol. The highest BCUT2D eigenvalue weighted by atomic mass is 79.9. The number of rotatable bonds is 2. The Hall–Kier alpha value is -0.540. The molecule has 0 radical (unpaired) electrons. The fourth-order valence-electron chi connectivity index (χ4n) is 1.90. The SMILES string of the molecule is CCNC1c2cccc(Br)c2OC1C. The van der Waals surface area contributed by atoms with Crippen LogP contribution in [0.4, 0.5) is 0 Å². The molecule has 0 bridgehead atoms. The summed E-state index contributed by atoms with van der Waals surface area (Å²) >= 11 is 3.50. The Balaban J connectivity index is 2.37. The molecule has 0 saturated carbocycles. The summed E-state index contributed by atoms with van der Waals surface area (Å²) in [5.41, 5.74) is 1.26. The van der Waals surface area contributed by atoms with Gasteiger partial charge in [0.2, 0.25) is 0 Å². The van der Waals surface area contributed by atoms with Gasteiger partial charge in [0, 0.05) is 5.56 Å². The van der Waals surface area contributed by atoms with Gasteiger partial charge in [-0.05, 0) is 35.5 Å². The van der Waals surface area contributed by atoms with Crippen molar-refractivity contribution in [1.82, 2.24) is 5.32 Å². The van der Waals surface area contributed by atoms with Crippen LogP contribution < -0.4 is 10.1 Å². The first-order chi connectivity index (χ1) is 6.74. The topological polar surface area (TPSA) is 21.3 Å². The Morgan fingerprint density at radius 3 is 3.00 bits per heavy atom. The second-order valence-corrected chi connectivity index (χ2v) is 4.37. The molecule has 76 valence electrons. The Labute approximate surface area is 92.8 Å². The van der Waals surface area contributed by atoms with Gasteiger partial charge in [-0.15, -0.1) is 0 Å². The van der Waals surface area contributed by atoms with Crippen LogP contribution in [0.15, 0.2) is 22.7 Å². The lowest BCUT2D eigenvalue weighted by atomic mass is 10.0. The minimum absolute atomic E-state index is 0.212. The van der Waals surface area contributed by atoms with Gasteiger partial charge in [-0.2, -0.15) is 0 Å². The summed E-state index contributed by atoms with van der Waals surface area (Å²) in [5.74, 6) is 0.992. The van der Waals surface area contributed by atoms with Crippen LogP contribution in [0.2, 0.25) is 0 Å². The van der Waals surface area contributed by atoms with E-state index in [0.29, 0.717) is 6.04 Å². The largest absolute Gasteiger partial charge is 0.487 e. The number of hydrogen-bond donors (Lipinski definition) is 1. The van der Waals surface area contributed by atoms with Crippen LogP contribution >= 0.6 is 15.9 Å². The minimum atomic E-state index is 0.212. The molecule has 0 spiro atoms. The van der Waals surface area contributed by atoms with Crippen molar-refractivity contribution in [3.8, 4) is 5.75 Å². The Morgan fingerprint density at radius 1 is 1.50 bits per heavy atom. The zero-order valence-corrected chi connectivity index (χ0v) is 9.97. The Bertz CT molecular complexity index is 340. The van der Waals surface area contributed by atoms with Crippen LogP contribution in [-0.2, 0) is 0 Å². The normalized spacial score (nSPS) is 24.5. The molecule has 0 aromatic heterocycles. The summed E-state index contributed by atoms with van der Waals surface area (Å²) in [5, 5.41) is 3.43. The average Bonchev–Trinajstić information content (AvgIpc) is 2.47. The van der Waals surface area contributed by atoms with Crippen molar-refractivity contribution >= 4 is 15.9 Å². The van der Waals surface area contributed by atoms with E-state index in [-0.39, 0.29) is 6.10 Å². The summed E-state index contributed by atoms with van der Waals surface area (Å²) in [6, 6.07) is 6.51. The zero-order chi connectivity index (χ0) is 10.1. The van der Waals surface area contributed by atoms with Crippen molar-refractivity contribution in [1.29, 1.82) is 0 Å². The fourth-order valence-corrected chi connectivity index (χ4v) is 2.37. The zero-order valence-electron chi connectivity index (χ0n) is 8.38. The van der Waals surface area contributed by atoms with Gasteiger partial charge in [0.15, 0.2) is 0 Å². The highest BCUT2D eigenvalue weighted by molar-refractivity contribution is 9.10. The molecule has 3 heteroatoms. The molecule has 2 unspecified atom stereocenters. The lowest BCUT2D eigenvalue weighted by Gasteiger charge is -2.14. The fraction of sp³-hybridized carbons (Fsp3) is 0.455. The molecule has 2 nitrogen and oxygen atoms in total. The maximum atomic E-state index is 5.79. The first kappa shape index (κ1) is 9.99. The molecule has 2 atom stereocenters. The highest BCUT2D eigenvalue weighted by Gasteiger charge is 2.31. The first-order valence-electron chi connectivity index (χ1n) is 4.92. The van der Waals surface area contributed by atoms with E-state index in [4.69, 9.17) is 4.74 Å². The van der Waals surface area contributed by atoms with Crippen molar-refractivity contribution in [3.05, 3.63) is 28.2 Å². The second kappa shape index (κ2) is 3.91. The van der Waals surface area contributed by atoms with E-state index in [1.807, 2.05) is 6.07 Å². The number of likely N-dealkylation sites (N-methyl/N-ethyl adjacent to an activating group) is 1. The summed E-state index contributed by atoms with van der Waals surface area (Å²) in [6.07, 6.45) is 0.212. The van der Waals surface area contributed by atoms with Gasteiger partial charge in [-0.1, -0.05) is 19.1 Å². The van der Waals surface area contributed by atoms with E-state index in [9.17, 15) is 0 Å². The number of hydrogen-bond acceptors (Lipinski definition) is 2. The van der Waals surface area contributed by atoms with Crippen LogP contribution in [0.25, 0.3) is 0 Å². The summed E-state index contributed by atoms with van der Waals surface area (Å²) in [6.45, 7) is 5.17. The maximum absolute atomic E-state index is 5.79. The quantitative estimate of drug-likeness (QED) is 0.878. The molecule has 1 aromatic rings. The third kappa shape index (κ3) is 1.55. The van der Waals surface area contributed by atoms with Gasteiger partial charge in [-0.3, -0.25) is 0 Å². The summed E-state index contributed by atoms with van der Waals surface area (Å²) in [7, 11) is 0. The second-order valence-electron chi connectivity index (χ2n) is 3.52. The number of benzene rings is 1. The van der Waals surface area contributed by atoms with Crippen molar-refractivity contribution in [2.45, 2.75) is 26.0 Å². The van der Waals surface area contributed by atoms with Gasteiger partial charge >= 0.3 is 0 Å². The lowest BCUT2D eigenvalue weighted by molar-refractivity contribution is 0.210. The van der Waals surface area contributed by atoms with Gasteiger partial charge in [-0.25, -0.2) is 0 Å². The molecule has 0 fully saturated rings. The Morgan fingerprint density at radius 2 is 2.29 bits per heavy atom. The molecule has 0 amide bonds. The van der Waals surface area contributed by atoms with Crippen LogP contribution in [0.3, 0.4) is 0 Å². The number of nitrogens with one attached hydrogen (secondary N) is 1. The van der Waals surface area contributed by atoms with Gasteiger partial charge in [0.05, 0.1) is 10.5 Å². The smallest absolute Gasteiger partial charge is 0.138 e. The Kier molecular flexibility index (Phi) is 2.79. The molecule has 1 N–H and O–H groups in total. The number of ether oxygens (including phenoxy) is 1. The predicted molar refractivity (Wildman–Crippen MR) is 60.6 cm³/mol. The number of halogens is 1.